The van der Waals surface area contributed by atoms with Crippen molar-refractivity contribution >= 4 is 28.0 Å². The zero-order chi connectivity index (χ0) is 16.3. The molecule has 1 aromatic rings. The molecule has 0 saturated carbocycles. The Labute approximate surface area is 127 Å². The summed E-state index contributed by atoms with van der Waals surface area (Å²) in [5.41, 5.74) is 0.530. The fourth-order valence-electron chi connectivity index (χ4n) is 2.00. The lowest BCUT2D eigenvalue weighted by Gasteiger charge is -2.17. The third kappa shape index (κ3) is 3.11. The van der Waals surface area contributed by atoms with Crippen LogP contribution in [-0.4, -0.2) is 33.1 Å². The number of rotatable bonds is 5. The molecule has 1 aliphatic heterocycles. The van der Waals surface area contributed by atoms with E-state index in [-0.39, 0.29) is 16.2 Å². The molecule has 0 radical (unpaired) electrons. The summed E-state index contributed by atoms with van der Waals surface area (Å²) >= 11 is 0. The van der Waals surface area contributed by atoms with Crippen molar-refractivity contribution in [1.82, 2.24) is 5.32 Å². The lowest BCUT2D eigenvalue weighted by Crippen LogP contribution is -2.47. The molecule has 0 spiro atoms. The predicted octanol–water partition coefficient (Wildman–Crippen LogP) is 0.0695. The molecule has 1 atom stereocenters. The van der Waals surface area contributed by atoms with E-state index in [4.69, 9.17) is 4.74 Å². The molecule has 0 unspecified atom stereocenters. The minimum absolute atomic E-state index is 0.0506. The number of hydrogen-bond donors (Lipinski definition) is 1. The van der Waals surface area contributed by atoms with Crippen LogP contribution in [0.2, 0.25) is 0 Å². The summed E-state index contributed by atoms with van der Waals surface area (Å²) < 4.78 is 29.2. The van der Waals surface area contributed by atoms with Crippen molar-refractivity contribution in [2.75, 3.05) is 6.61 Å². The molecule has 0 bridgehead atoms. The number of ether oxygens (including phenoxy) is 1. The van der Waals surface area contributed by atoms with Crippen molar-refractivity contribution in [2.24, 2.45) is 0 Å². The van der Waals surface area contributed by atoms with Crippen LogP contribution in [0.4, 0.5) is 4.79 Å². The van der Waals surface area contributed by atoms with E-state index in [0.717, 1.165) is 0 Å². The maximum Gasteiger partial charge on any atom is 0.408 e. The average Bonchev–Trinajstić information content (AvgIpc) is 2.73. The van der Waals surface area contributed by atoms with E-state index in [0.29, 0.717) is 5.56 Å². The van der Waals surface area contributed by atoms with Gasteiger partial charge >= 0.3 is 6.09 Å². The average molecular weight is 324 g/mol. The van der Waals surface area contributed by atoms with Crippen LogP contribution in [0.15, 0.2) is 34.1 Å². The fraction of sp³-hybridized carbons (Fsp3) is 0.286. The van der Waals surface area contributed by atoms with Gasteiger partial charge in [0.05, 0.1) is 21.8 Å². The molecule has 1 aliphatic rings. The third-order valence-electron chi connectivity index (χ3n) is 3.20. The number of carbonyl (C=O) groups excluding carboxylic acids is 2. The van der Waals surface area contributed by atoms with Gasteiger partial charge in [-0.3, -0.25) is 0 Å². The van der Waals surface area contributed by atoms with Gasteiger partial charge < -0.3 is 20.0 Å². The molecule has 8 heteroatoms. The maximum absolute atomic E-state index is 12.2. The van der Waals surface area contributed by atoms with Gasteiger partial charge in [-0.15, -0.1) is 0 Å². The summed E-state index contributed by atoms with van der Waals surface area (Å²) in [6, 6.07) is 5.24. The lowest BCUT2D eigenvalue weighted by molar-refractivity contribution is -0.308. The van der Waals surface area contributed by atoms with Crippen LogP contribution in [0.3, 0.4) is 0 Å². The molecule has 1 N–H and O–H groups in total. The first-order valence-corrected chi connectivity index (χ1v) is 8.03. The molecular formula is C14H14NO6S-. The van der Waals surface area contributed by atoms with Crippen molar-refractivity contribution in [1.29, 1.82) is 0 Å². The molecule has 0 fully saturated rings. The largest absolute Gasteiger partial charge is 0.548 e. The van der Waals surface area contributed by atoms with Crippen LogP contribution < -0.4 is 10.4 Å². The third-order valence-corrected chi connectivity index (χ3v) is 5.08. The van der Waals surface area contributed by atoms with Crippen LogP contribution in [0.25, 0.3) is 6.08 Å². The summed E-state index contributed by atoms with van der Waals surface area (Å²) in [7, 11) is -3.66. The molecule has 0 saturated heterocycles. The van der Waals surface area contributed by atoms with Gasteiger partial charge in [0.2, 0.25) is 9.84 Å². The Hall–Kier alpha value is -2.35. The quantitative estimate of drug-likeness (QED) is 0.820. The van der Waals surface area contributed by atoms with E-state index in [9.17, 15) is 23.1 Å². The highest BCUT2D eigenvalue weighted by atomic mass is 32.2. The molecule has 1 aromatic carbocycles. The van der Waals surface area contributed by atoms with Gasteiger partial charge in [-0.25, -0.2) is 13.2 Å². The van der Waals surface area contributed by atoms with Crippen LogP contribution in [0.1, 0.15) is 18.9 Å². The van der Waals surface area contributed by atoms with Gasteiger partial charge in [0.1, 0.15) is 6.61 Å². The van der Waals surface area contributed by atoms with Crippen molar-refractivity contribution < 1.29 is 27.9 Å². The van der Waals surface area contributed by atoms with Gasteiger partial charge in [0.25, 0.3) is 0 Å². The number of sulfone groups is 1. The first kappa shape index (κ1) is 16.0. The Balaban J connectivity index is 2.02. The monoisotopic (exact) mass is 324 g/mol. The van der Waals surface area contributed by atoms with Crippen LogP contribution in [0.5, 0.6) is 0 Å². The molecule has 1 amide bonds. The van der Waals surface area contributed by atoms with Crippen molar-refractivity contribution in [3.8, 4) is 0 Å². The SMILES string of the molecule is CC[C@H](NC(=O)OCC1=Cc2ccccc2S1(=O)=O)C(=O)[O-]. The fourth-order valence-corrected chi connectivity index (χ4v) is 3.48. The Morgan fingerprint density at radius 1 is 1.32 bits per heavy atom. The first-order chi connectivity index (χ1) is 10.4. The molecule has 2 rings (SSSR count). The van der Waals surface area contributed by atoms with Crippen LogP contribution in [-0.2, 0) is 19.4 Å². The Bertz CT molecular complexity index is 737. The minimum atomic E-state index is -3.66. The van der Waals surface area contributed by atoms with Crippen LogP contribution in [0, 0.1) is 0 Å². The Morgan fingerprint density at radius 3 is 2.59 bits per heavy atom. The van der Waals surface area contributed by atoms with E-state index >= 15 is 0 Å². The molecule has 118 valence electrons. The summed E-state index contributed by atoms with van der Waals surface area (Å²) in [6.45, 7) is 1.09. The van der Waals surface area contributed by atoms with Gasteiger partial charge in [0.15, 0.2) is 0 Å². The summed E-state index contributed by atoms with van der Waals surface area (Å²) in [5.74, 6) is -1.43. The highest BCUT2D eigenvalue weighted by Crippen LogP contribution is 2.32. The predicted molar refractivity (Wildman–Crippen MR) is 75.2 cm³/mol. The van der Waals surface area contributed by atoms with Crippen LogP contribution >= 0.6 is 0 Å². The number of benzene rings is 1. The minimum Gasteiger partial charge on any atom is -0.548 e. The molecule has 0 aliphatic carbocycles. The number of fused-ring (bicyclic) bond motifs is 1. The van der Waals surface area contributed by atoms with Gasteiger partial charge in [-0.1, -0.05) is 25.1 Å². The van der Waals surface area contributed by atoms with Gasteiger partial charge in [0, 0.05) is 0 Å². The second-order valence-electron chi connectivity index (χ2n) is 4.65. The summed E-state index contributed by atoms with van der Waals surface area (Å²) in [6.07, 6.45) is 0.542. The molecule has 1 heterocycles. The smallest absolute Gasteiger partial charge is 0.408 e. The molecule has 7 nitrogen and oxygen atoms in total. The standard InChI is InChI=1S/C14H15NO6S/c1-2-11(13(16)17)15-14(18)21-8-10-7-9-5-3-4-6-12(9)22(10,19)20/h3-7,11H,2,8H2,1H3,(H,15,18)(H,16,17)/p-1/t11-/m0/s1. The number of amides is 1. The van der Waals surface area contributed by atoms with Gasteiger partial charge in [-0.05, 0) is 24.1 Å². The summed E-state index contributed by atoms with van der Waals surface area (Å²) in [4.78, 5) is 22.3. The van der Waals surface area contributed by atoms with Crippen molar-refractivity contribution in [3.63, 3.8) is 0 Å². The Morgan fingerprint density at radius 2 is 2.00 bits per heavy atom. The zero-order valence-corrected chi connectivity index (χ0v) is 12.6. The highest BCUT2D eigenvalue weighted by Gasteiger charge is 2.30. The molecular weight excluding hydrogens is 310 g/mol. The second-order valence-corrected chi connectivity index (χ2v) is 6.62. The number of hydrogen-bond acceptors (Lipinski definition) is 6. The Kier molecular flexibility index (Phi) is 4.51. The second kappa shape index (κ2) is 6.18. The molecule has 22 heavy (non-hydrogen) atoms. The van der Waals surface area contributed by atoms with Crippen molar-refractivity contribution in [2.45, 2.75) is 24.3 Å². The number of nitrogens with one attached hydrogen (secondary N) is 1. The normalized spacial score (nSPS) is 16.3. The van der Waals surface area contributed by atoms with E-state index < -0.39 is 34.5 Å². The maximum atomic E-state index is 12.2. The number of carboxylic acids is 1. The van der Waals surface area contributed by atoms with Gasteiger partial charge in [-0.2, -0.15) is 0 Å². The van der Waals surface area contributed by atoms with Crippen molar-refractivity contribution in [3.05, 3.63) is 34.7 Å². The zero-order valence-electron chi connectivity index (χ0n) is 11.7. The molecule has 0 aromatic heterocycles. The number of carboxylic acid groups (broad SMARTS) is 1. The van der Waals surface area contributed by atoms with E-state index in [1.54, 1.807) is 25.1 Å². The highest BCUT2D eigenvalue weighted by molar-refractivity contribution is 7.95. The lowest BCUT2D eigenvalue weighted by atomic mass is 10.2. The van der Waals surface area contributed by atoms with E-state index in [1.165, 1.54) is 12.1 Å². The number of aliphatic carboxylic acids is 1. The topological polar surface area (TPSA) is 113 Å². The first-order valence-electron chi connectivity index (χ1n) is 6.55. The van der Waals surface area contributed by atoms with E-state index in [2.05, 4.69) is 5.32 Å². The summed E-state index contributed by atoms with van der Waals surface area (Å²) in [5, 5.41) is 12.8. The number of alkyl carbamates (subject to hydrolysis) is 1. The number of carbonyl (C=O) groups is 2. The van der Waals surface area contributed by atoms with E-state index in [1.807, 2.05) is 0 Å².